The number of aromatic carboxylic acids is 1. The third kappa shape index (κ3) is 10.7. The molecule has 2 aromatic rings. The number of carboxylic acids is 2. The molecular weight excluding hydrogens is 475 g/mol. The molecule has 0 saturated carbocycles. The van der Waals surface area contributed by atoms with E-state index in [2.05, 4.69) is 6.92 Å². The third-order valence-electron chi connectivity index (χ3n) is 5.97. The number of aromatic nitrogens is 1. The minimum Gasteiger partial charge on any atom is -0.550 e. The first-order valence-corrected chi connectivity index (χ1v) is 13.3. The number of aliphatic carboxylic acids is 1. The minimum absolute atomic E-state index is 0. The zero-order valence-electron chi connectivity index (χ0n) is 21.1. The second kappa shape index (κ2) is 17.2. The maximum Gasteiger partial charge on any atom is 1.00 e. The normalized spacial score (nSPS) is 11.8. The van der Waals surface area contributed by atoms with Crippen LogP contribution in [0.4, 0.5) is 0 Å². The van der Waals surface area contributed by atoms with E-state index < -0.39 is 23.9 Å². The Bertz CT molecular complexity index is 963. The molecule has 188 valence electrons. The van der Waals surface area contributed by atoms with E-state index in [0.717, 1.165) is 29.0 Å². The van der Waals surface area contributed by atoms with Gasteiger partial charge in [-0.05, 0) is 37.1 Å². The molecule has 0 spiro atoms. The van der Waals surface area contributed by atoms with Crippen LogP contribution in [0.1, 0.15) is 99.1 Å². The maximum atomic E-state index is 13.0. The van der Waals surface area contributed by atoms with Gasteiger partial charge in [0, 0.05) is 22.9 Å². The number of hydrogen-bond acceptors (Lipinski definition) is 6. The van der Waals surface area contributed by atoms with Crippen molar-refractivity contribution in [2.45, 2.75) is 95.0 Å². The summed E-state index contributed by atoms with van der Waals surface area (Å²) in [6.45, 7) is 2.23. The molecule has 1 aromatic heterocycles. The first-order chi connectivity index (χ1) is 16.3. The maximum absolute atomic E-state index is 13.0. The van der Waals surface area contributed by atoms with Crippen LogP contribution in [0.15, 0.2) is 29.4 Å². The molecule has 0 amide bonds. The Morgan fingerprint density at radius 3 is 2.20 bits per heavy atom. The molecule has 0 aliphatic heterocycles. The molecule has 1 aromatic carbocycles. The summed E-state index contributed by atoms with van der Waals surface area (Å²) in [6, 6.07) is 3.81. The summed E-state index contributed by atoms with van der Waals surface area (Å²) in [7, 11) is 0. The number of fused-ring (bicyclic) bond motifs is 1. The zero-order chi connectivity index (χ0) is 24.9. The van der Waals surface area contributed by atoms with Crippen LogP contribution in [0.2, 0.25) is 0 Å². The molecule has 0 aliphatic carbocycles. The SMILES string of the molecule is CCCCCCCCCCCCSc1c2ccc(C(=O)O)cc2cn1C(=O)[C@@H](N)CCC(=O)[O-].[Na+]. The molecule has 9 heteroatoms. The van der Waals surface area contributed by atoms with E-state index in [1.165, 1.54) is 62.0 Å². The van der Waals surface area contributed by atoms with Crippen molar-refractivity contribution in [3.05, 3.63) is 30.0 Å². The summed E-state index contributed by atoms with van der Waals surface area (Å²) >= 11 is 1.56. The van der Waals surface area contributed by atoms with Gasteiger partial charge in [0.25, 0.3) is 0 Å². The summed E-state index contributed by atoms with van der Waals surface area (Å²) in [5, 5.41) is 22.2. The Morgan fingerprint density at radius 2 is 1.63 bits per heavy atom. The van der Waals surface area contributed by atoms with Gasteiger partial charge in [0.15, 0.2) is 0 Å². The summed E-state index contributed by atoms with van der Waals surface area (Å²) in [4.78, 5) is 35.1. The Morgan fingerprint density at radius 1 is 1.03 bits per heavy atom. The topological polar surface area (TPSA) is 125 Å². The van der Waals surface area contributed by atoms with Crippen LogP contribution < -0.4 is 40.4 Å². The zero-order valence-corrected chi connectivity index (χ0v) is 23.9. The molecule has 0 bridgehead atoms. The second-order valence-corrected chi connectivity index (χ2v) is 9.88. The summed E-state index contributed by atoms with van der Waals surface area (Å²) in [6.07, 6.45) is 13.8. The first kappa shape index (κ1) is 31.7. The van der Waals surface area contributed by atoms with Gasteiger partial charge in [0.1, 0.15) is 0 Å². The molecule has 0 aliphatic rings. The van der Waals surface area contributed by atoms with Gasteiger partial charge in [-0.25, -0.2) is 4.79 Å². The predicted octanol–water partition coefficient (Wildman–Crippen LogP) is 1.85. The quantitative estimate of drug-likeness (QED) is 0.188. The van der Waals surface area contributed by atoms with Crippen molar-refractivity contribution < 1.29 is 54.2 Å². The van der Waals surface area contributed by atoms with Crippen LogP contribution in [0.25, 0.3) is 10.8 Å². The van der Waals surface area contributed by atoms with E-state index in [1.54, 1.807) is 30.1 Å². The Kier molecular flexibility index (Phi) is 15.6. The third-order valence-corrected chi connectivity index (χ3v) is 7.15. The fraction of sp³-hybridized carbons (Fsp3) is 0.577. The molecule has 1 atom stereocenters. The smallest absolute Gasteiger partial charge is 0.550 e. The molecule has 2 rings (SSSR count). The van der Waals surface area contributed by atoms with E-state index in [-0.39, 0.29) is 48.0 Å². The molecule has 0 unspecified atom stereocenters. The summed E-state index contributed by atoms with van der Waals surface area (Å²) in [5.74, 6) is -1.86. The number of nitrogens with two attached hydrogens (primary N) is 1. The van der Waals surface area contributed by atoms with E-state index in [1.807, 2.05) is 0 Å². The monoisotopic (exact) mass is 512 g/mol. The number of carboxylic acid groups (broad SMARTS) is 2. The molecule has 0 saturated heterocycles. The van der Waals surface area contributed by atoms with Crippen molar-refractivity contribution in [3.63, 3.8) is 0 Å². The largest absolute Gasteiger partial charge is 1.00 e. The predicted molar refractivity (Wildman–Crippen MR) is 134 cm³/mol. The molecule has 1 heterocycles. The van der Waals surface area contributed by atoms with Crippen molar-refractivity contribution in [2.75, 3.05) is 5.75 Å². The van der Waals surface area contributed by atoms with Gasteiger partial charge < -0.3 is 20.7 Å². The van der Waals surface area contributed by atoms with Gasteiger partial charge in [-0.3, -0.25) is 9.36 Å². The van der Waals surface area contributed by atoms with Crippen molar-refractivity contribution in [1.29, 1.82) is 0 Å². The van der Waals surface area contributed by atoms with Gasteiger partial charge in [-0.2, -0.15) is 0 Å². The van der Waals surface area contributed by atoms with Gasteiger partial charge in [0.2, 0.25) is 5.91 Å². The number of unbranched alkanes of at least 4 members (excludes halogenated alkanes) is 9. The van der Waals surface area contributed by atoms with Gasteiger partial charge in [0.05, 0.1) is 16.6 Å². The van der Waals surface area contributed by atoms with Crippen molar-refractivity contribution in [2.24, 2.45) is 5.73 Å². The standard InChI is InChI=1S/C26H38N2O5S.Na/c1-2-3-4-5-6-7-8-9-10-11-16-34-25-21-13-12-19(26(32)33)17-20(21)18-28(25)24(31)22(27)14-15-23(29)30;/h12-13,17-18,22H,2-11,14-16,27H2,1H3,(H,29,30)(H,32,33);/q;+1/p-1/t22-;/m0./s1. The van der Waals surface area contributed by atoms with E-state index in [4.69, 9.17) is 5.73 Å². The van der Waals surface area contributed by atoms with Crippen LogP contribution in [0.5, 0.6) is 0 Å². The molecule has 7 nitrogen and oxygen atoms in total. The molecule has 0 fully saturated rings. The first-order valence-electron chi connectivity index (χ1n) is 12.4. The number of thioether (sulfide) groups is 1. The fourth-order valence-electron chi connectivity index (χ4n) is 3.97. The summed E-state index contributed by atoms with van der Waals surface area (Å²) < 4.78 is 1.46. The number of carbonyl (C=O) groups is 3. The van der Waals surface area contributed by atoms with E-state index in [0.29, 0.717) is 5.39 Å². The fourth-order valence-corrected chi connectivity index (χ4v) is 5.13. The number of benzene rings is 1. The molecule has 3 N–H and O–H groups in total. The number of rotatable bonds is 17. The summed E-state index contributed by atoms with van der Waals surface area (Å²) in [5.41, 5.74) is 6.11. The Labute approximate surface area is 234 Å². The average Bonchev–Trinajstić information content (AvgIpc) is 3.18. The van der Waals surface area contributed by atoms with Crippen LogP contribution in [-0.2, 0) is 4.79 Å². The van der Waals surface area contributed by atoms with Crippen LogP contribution in [0.3, 0.4) is 0 Å². The Balaban J connectivity index is 0.00000612. The molecule has 35 heavy (non-hydrogen) atoms. The number of carbonyl (C=O) groups excluding carboxylic acids is 2. The second-order valence-electron chi connectivity index (χ2n) is 8.80. The van der Waals surface area contributed by atoms with Crippen LogP contribution in [0, 0.1) is 0 Å². The van der Waals surface area contributed by atoms with Crippen LogP contribution >= 0.6 is 11.8 Å². The van der Waals surface area contributed by atoms with Crippen molar-refractivity contribution >= 4 is 40.4 Å². The molecule has 0 radical (unpaired) electrons. The minimum atomic E-state index is -1.25. The van der Waals surface area contributed by atoms with E-state index in [9.17, 15) is 24.6 Å². The van der Waals surface area contributed by atoms with Gasteiger partial charge in [-0.15, -0.1) is 11.8 Å². The number of hydrogen-bond donors (Lipinski definition) is 2. The average molecular weight is 513 g/mol. The van der Waals surface area contributed by atoms with Crippen LogP contribution in [-0.4, -0.2) is 39.3 Å². The van der Waals surface area contributed by atoms with Crippen molar-refractivity contribution in [1.82, 2.24) is 4.57 Å². The van der Waals surface area contributed by atoms with E-state index >= 15 is 0 Å². The Hall–Kier alpha value is -1.32. The van der Waals surface area contributed by atoms with Gasteiger partial charge in [-0.1, -0.05) is 70.8 Å². The van der Waals surface area contributed by atoms with Crippen molar-refractivity contribution in [3.8, 4) is 0 Å². The molecular formula is C26H37N2NaO5S. The number of nitrogens with zero attached hydrogens (tertiary/aromatic N) is 1. The van der Waals surface area contributed by atoms with Gasteiger partial charge >= 0.3 is 35.5 Å².